The smallest absolute Gasteiger partial charge is 0.261 e. The lowest BCUT2D eigenvalue weighted by molar-refractivity contribution is 0.0957. The molecule has 2 heterocycles. The molecule has 0 bridgehead atoms. The van der Waals surface area contributed by atoms with E-state index in [4.69, 9.17) is 0 Å². The van der Waals surface area contributed by atoms with Gasteiger partial charge in [0.2, 0.25) is 0 Å². The summed E-state index contributed by atoms with van der Waals surface area (Å²) in [4.78, 5) is 13.9. The quantitative estimate of drug-likeness (QED) is 0.739. The predicted octanol–water partition coefficient (Wildman–Crippen LogP) is 4.77. The number of amides is 1. The van der Waals surface area contributed by atoms with Crippen molar-refractivity contribution in [3.8, 4) is 10.4 Å². The third-order valence-electron chi connectivity index (χ3n) is 3.11. The summed E-state index contributed by atoms with van der Waals surface area (Å²) in [6.45, 7) is 2.78. The van der Waals surface area contributed by atoms with Gasteiger partial charge in [0.1, 0.15) is 0 Å². The van der Waals surface area contributed by atoms with Crippen molar-refractivity contribution in [3.05, 3.63) is 46.7 Å². The number of fused-ring (bicyclic) bond motifs is 1. The molecule has 1 aromatic carbocycles. The second kappa shape index (κ2) is 5.77. The lowest BCUT2D eigenvalue weighted by atomic mass is 10.1. The molecule has 1 N–H and O–H groups in total. The van der Waals surface area contributed by atoms with Crippen LogP contribution in [0, 0.1) is 0 Å². The van der Waals surface area contributed by atoms with E-state index < -0.39 is 0 Å². The first kappa shape index (κ1) is 13.3. The van der Waals surface area contributed by atoms with Crippen molar-refractivity contribution in [2.24, 2.45) is 0 Å². The van der Waals surface area contributed by atoms with Crippen LogP contribution in [0.15, 0.2) is 41.8 Å². The van der Waals surface area contributed by atoms with Crippen molar-refractivity contribution >= 4 is 38.7 Å². The molecule has 0 saturated heterocycles. The second-order valence-corrected chi connectivity index (χ2v) is 6.56. The summed E-state index contributed by atoms with van der Waals surface area (Å²) in [7, 11) is 0. The van der Waals surface area contributed by atoms with E-state index in [0.717, 1.165) is 22.7 Å². The highest BCUT2D eigenvalue weighted by atomic mass is 32.1. The molecule has 20 heavy (non-hydrogen) atoms. The predicted molar refractivity (Wildman–Crippen MR) is 87.8 cm³/mol. The minimum Gasteiger partial charge on any atom is -0.351 e. The fraction of sp³-hybridized carbons (Fsp3) is 0.188. The SMILES string of the molecule is CCCNC(=O)c1ccc(-c2csc3ccccc23)s1. The van der Waals surface area contributed by atoms with E-state index in [0.29, 0.717) is 0 Å². The summed E-state index contributed by atoms with van der Waals surface area (Å²) >= 11 is 3.31. The highest BCUT2D eigenvalue weighted by Gasteiger charge is 2.12. The minimum absolute atomic E-state index is 0.0302. The number of carbonyl (C=O) groups is 1. The van der Waals surface area contributed by atoms with Crippen LogP contribution in [-0.4, -0.2) is 12.5 Å². The van der Waals surface area contributed by atoms with Gasteiger partial charge in [-0.05, 0) is 24.6 Å². The van der Waals surface area contributed by atoms with E-state index in [1.54, 1.807) is 22.7 Å². The van der Waals surface area contributed by atoms with Gasteiger partial charge in [0.25, 0.3) is 5.91 Å². The first-order chi connectivity index (χ1) is 9.79. The van der Waals surface area contributed by atoms with Crippen LogP contribution >= 0.6 is 22.7 Å². The van der Waals surface area contributed by atoms with Crippen molar-refractivity contribution in [2.75, 3.05) is 6.54 Å². The van der Waals surface area contributed by atoms with Crippen LogP contribution in [-0.2, 0) is 0 Å². The van der Waals surface area contributed by atoms with E-state index in [9.17, 15) is 4.79 Å². The summed E-state index contributed by atoms with van der Waals surface area (Å²) < 4.78 is 1.29. The van der Waals surface area contributed by atoms with Gasteiger partial charge in [-0.1, -0.05) is 25.1 Å². The van der Waals surface area contributed by atoms with Crippen LogP contribution in [0.4, 0.5) is 0 Å². The number of nitrogens with one attached hydrogen (secondary N) is 1. The maximum Gasteiger partial charge on any atom is 0.261 e. The Hall–Kier alpha value is -1.65. The third-order valence-corrected chi connectivity index (χ3v) is 5.19. The van der Waals surface area contributed by atoms with Gasteiger partial charge in [-0.15, -0.1) is 22.7 Å². The van der Waals surface area contributed by atoms with E-state index >= 15 is 0 Å². The van der Waals surface area contributed by atoms with E-state index in [2.05, 4.69) is 41.9 Å². The van der Waals surface area contributed by atoms with Crippen molar-refractivity contribution in [1.29, 1.82) is 0 Å². The highest BCUT2D eigenvalue weighted by molar-refractivity contribution is 7.20. The molecule has 4 heteroatoms. The molecule has 0 unspecified atom stereocenters. The normalized spacial score (nSPS) is 10.8. The maximum absolute atomic E-state index is 12.0. The Morgan fingerprint density at radius 1 is 1.20 bits per heavy atom. The van der Waals surface area contributed by atoms with E-state index in [1.807, 2.05) is 12.1 Å². The lowest BCUT2D eigenvalue weighted by Gasteiger charge is -1.99. The first-order valence-corrected chi connectivity index (χ1v) is 8.34. The molecule has 0 saturated carbocycles. The van der Waals surface area contributed by atoms with Crippen LogP contribution < -0.4 is 5.32 Å². The van der Waals surface area contributed by atoms with Gasteiger partial charge in [-0.3, -0.25) is 4.79 Å². The Morgan fingerprint density at radius 2 is 2.05 bits per heavy atom. The fourth-order valence-electron chi connectivity index (χ4n) is 2.10. The standard InChI is InChI=1S/C16H15NOS2/c1-2-9-17-16(18)15-8-7-14(20-15)12-10-19-13-6-4-3-5-11(12)13/h3-8,10H,2,9H2,1H3,(H,17,18). The number of benzene rings is 1. The van der Waals surface area contributed by atoms with Gasteiger partial charge in [0, 0.05) is 32.5 Å². The molecule has 0 spiro atoms. The van der Waals surface area contributed by atoms with Gasteiger partial charge in [-0.25, -0.2) is 0 Å². The zero-order chi connectivity index (χ0) is 13.9. The summed E-state index contributed by atoms with van der Waals surface area (Å²) in [6.07, 6.45) is 0.957. The van der Waals surface area contributed by atoms with Crippen LogP contribution in [0.5, 0.6) is 0 Å². The van der Waals surface area contributed by atoms with Crippen LogP contribution in [0.1, 0.15) is 23.0 Å². The molecule has 0 aliphatic heterocycles. The number of hydrogen-bond acceptors (Lipinski definition) is 3. The molecular formula is C16H15NOS2. The molecule has 3 rings (SSSR count). The van der Waals surface area contributed by atoms with Gasteiger partial charge in [-0.2, -0.15) is 0 Å². The van der Waals surface area contributed by atoms with E-state index in [1.165, 1.54) is 15.6 Å². The number of thiophene rings is 2. The molecule has 3 aromatic rings. The molecule has 2 aromatic heterocycles. The maximum atomic E-state index is 12.0. The zero-order valence-electron chi connectivity index (χ0n) is 11.2. The first-order valence-electron chi connectivity index (χ1n) is 6.64. The minimum atomic E-state index is 0.0302. The van der Waals surface area contributed by atoms with Crippen LogP contribution in [0.25, 0.3) is 20.5 Å². The summed E-state index contributed by atoms with van der Waals surface area (Å²) in [5.74, 6) is 0.0302. The monoisotopic (exact) mass is 301 g/mol. The number of rotatable bonds is 4. The average molecular weight is 301 g/mol. The summed E-state index contributed by atoms with van der Waals surface area (Å²) in [5, 5.41) is 6.35. The summed E-state index contributed by atoms with van der Waals surface area (Å²) in [5.41, 5.74) is 1.23. The molecule has 0 aliphatic carbocycles. The molecule has 0 fully saturated rings. The Morgan fingerprint density at radius 3 is 2.90 bits per heavy atom. The number of hydrogen-bond donors (Lipinski definition) is 1. The Bertz CT molecular complexity index is 742. The Labute approximate surface area is 126 Å². The second-order valence-electron chi connectivity index (χ2n) is 4.57. The van der Waals surface area contributed by atoms with Crippen LogP contribution in [0.3, 0.4) is 0 Å². The Balaban J connectivity index is 1.92. The molecule has 1 amide bonds. The summed E-state index contributed by atoms with van der Waals surface area (Å²) in [6, 6.07) is 12.3. The van der Waals surface area contributed by atoms with Crippen molar-refractivity contribution < 1.29 is 4.79 Å². The number of carbonyl (C=O) groups excluding carboxylic acids is 1. The molecular weight excluding hydrogens is 286 g/mol. The van der Waals surface area contributed by atoms with Gasteiger partial charge in [0.15, 0.2) is 0 Å². The third kappa shape index (κ3) is 2.49. The van der Waals surface area contributed by atoms with Gasteiger partial charge in [0.05, 0.1) is 4.88 Å². The largest absolute Gasteiger partial charge is 0.351 e. The fourth-order valence-corrected chi connectivity index (χ4v) is 4.09. The Kier molecular flexibility index (Phi) is 3.85. The molecule has 0 aliphatic rings. The van der Waals surface area contributed by atoms with Crippen molar-refractivity contribution in [2.45, 2.75) is 13.3 Å². The molecule has 102 valence electrons. The zero-order valence-corrected chi connectivity index (χ0v) is 12.8. The van der Waals surface area contributed by atoms with E-state index in [-0.39, 0.29) is 5.91 Å². The van der Waals surface area contributed by atoms with Crippen molar-refractivity contribution in [1.82, 2.24) is 5.32 Å². The lowest BCUT2D eigenvalue weighted by Crippen LogP contribution is -2.22. The topological polar surface area (TPSA) is 29.1 Å². The average Bonchev–Trinajstić information content (AvgIpc) is 3.10. The van der Waals surface area contributed by atoms with Gasteiger partial charge >= 0.3 is 0 Å². The van der Waals surface area contributed by atoms with Gasteiger partial charge < -0.3 is 5.32 Å². The molecule has 2 nitrogen and oxygen atoms in total. The molecule has 0 radical (unpaired) electrons. The van der Waals surface area contributed by atoms with Crippen LogP contribution in [0.2, 0.25) is 0 Å². The molecule has 0 atom stereocenters. The van der Waals surface area contributed by atoms with Crippen molar-refractivity contribution in [3.63, 3.8) is 0 Å². The highest BCUT2D eigenvalue weighted by Crippen LogP contribution is 2.37.